The van der Waals surface area contributed by atoms with E-state index in [-0.39, 0.29) is 11.9 Å². The standard InChI is InChI=1S/C9H9BrO2S/c10-7-5-13-4-6(7)9(11)8-2-1-3-12-8/h4-5,8H,1-3H2. The van der Waals surface area contributed by atoms with Gasteiger partial charge in [0.05, 0.1) is 0 Å². The molecule has 1 unspecified atom stereocenters. The van der Waals surface area contributed by atoms with Gasteiger partial charge in [-0.25, -0.2) is 0 Å². The summed E-state index contributed by atoms with van der Waals surface area (Å²) in [6.07, 6.45) is 1.66. The molecule has 1 saturated heterocycles. The van der Waals surface area contributed by atoms with Gasteiger partial charge in [0, 0.05) is 27.4 Å². The first-order chi connectivity index (χ1) is 6.29. The van der Waals surface area contributed by atoms with Gasteiger partial charge >= 0.3 is 0 Å². The lowest BCUT2D eigenvalue weighted by atomic mass is 10.1. The first-order valence-corrected chi connectivity index (χ1v) is 5.90. The number of Topliss-reactive ketones (excluding diaryl/α,β-unsaturated/α-hetero) is 1. The molecule has 0 N–H and O–H groups in total. The Labute approximate surface area is 89.0 Å². The molecule has 0 saturated carbocycles. The van der Waals surface area contributed by atoms with Crippen molar-refractivity contribution in [3.63, 3.8) is 0 Å². The molecule has 1 atom stereocenters. The Morgan fingerprint density at radius 3 is 3.00 bits per heavy atom. The summed E-state index contributed by atoms with van der Waals surface area (Å²) in [7, 11) is 0. The molecule has 0 radical (unpaired) electrons. The summed E-state index contributed by atoms with van der Waals surface area (Å²) in [5.74, 6) is 0.116. The third kappa shape index (κ3) is 1.85. The minimum Gasteiger partial charge on any atom is -0.370 e. The van der Waals surface area contributed by atoms with E-state index >= 15 is 0 Å². The van der Waals surface area contributed by atoms with Gasteiger partial charge in [-0.15, -0.1) is 0 Å². The van der Waals surface area contributed by atoms with Crippen LogP contribution >= 0.6 is 27.3 Å². The largest absolute Gasteiger partial charge is 0.370 e. The summed E-state index contributed by atoms with van der Waals surface area (Å²) in [6.45, 7) is 0.720. The Bertz CT molecular complexity index is 315. The molecule has 0 amide bonds. The zero-order chi connectivity index (χ0) is 9.26. The highest BCUT2D eigenvalue weighted by Gasteiger charge is 2.26. The first kappa shape index (κ1) is 9.37. The monoisotopic (exact) mass is 260 g/mol. The molecule has 2 nitrogen and oxygen atoms in total. The summed E-state index contributed by atoms with van der Waals surface area (Å²) in [4.78, 5) is 11.8. The number of carbonyl (C=O) groups excluding carboxylic acids is 1. The lowest BCUT2D eigenvalue weighted by Gasteiger charge is -2.06. The van der Waals surface area contributed by atoms with Crippen molar-refractivity contribution < 1.29 is 9.53 Å². The number of hydrogen-bond donors (Lipinski definition) is 0. The van der Waals surface area contributed by atoms with Crippen molar-refractivity contribution in [2.45, 2.75) is 18.9 Å². The number of ether oxygens (including phenoxy) is 1. The Balaban J connectivity index is 2.17. The molecule has 13 heavy (non-hydrogen) atoms. The van der Waals surface area contributed by atoms with Gasteiger partial charge in [0.25, 0.3) is 0 Å². The average Bonchev–Trinajstić information content (AvgIpc) is 2.72. The van der Waals surface area contributed by atoms with E-state index in [1.54, 1.807) is 0 Å². The predicted molar refractivity (Wildman–Crippen MR) is 55.3 cm³/mol. The van der Waals surface area contributed by atoms with Gasteiger partial charge in [0.15, 0.2) is 5.78 Å². The molecule has 1 aromatic rings. The van der Waals surface area contributed by atoms with Crippen molar-refractivity contribution >= 4 is 33.0 Å². The van der Waals surface area contributed by atoms with Crippen LogP contribution in [-0.2, 0) is 4.74 Å². The maximum atomic E-state index is 11.8. The lowest BCUT2D eigenvalue weighted by molar-refractivity contribution is 0.0642. The molecular weight excluding hydrogens is 252 g/mol. The maximum Gasteiger partial charge on any atom is 0.193 e. The van der Waals surface area contributed by atoms with E-state index in [0.717, 1.165) is 29.5 Å². The zero-order valence-corrected chi connectivity index (χ0v) is 9.36. The quantitative estimate of drug-likeness (QED) is 0.765. The fourth-order valence-electron chi connectivity index (χ4n) is 1.42. The lowest BCUT2D eigenvalue weighted by Crippen LogP contribution is -2.19. The van der Waals surface area contributed by atoms with E-state index in [2.05, 4.69) is 15.9 Å². The van der Waals surface area contributed by atoms with Gasteiger partial charge < -0.3 is 4.74 Å². The van der Waals surface area contributed by atoms with Gasteiger partial charge in [-0.2, -0.15) is 11.3 Å². The van der Waals surface area contributed by atoms with Gasteiger partial charge in [0.2, 0.25) is 0 Å². The van der Waals surface area contributed by atoms with Gasteiger partial charge in [-0.1, -0.05) is 0 Å². The summed E-state index contributed by atoms with van der Waals surface area (Å²) in [5, 5.41) is 3.79. The van der Waals surface area contributed by atoms with Crippen molar-refractivity contribution in [1.29, 1.82) is 0 Å². The third-order valence-electron chi connectivity index (χ3n) is 2.10. The smallest absolute Gasteiger partial charge is 0.193 e. The molecule has 1 aliphatic rings. The Morgan fingerprint density at radius 1 is 1.62 bits per heavy atom. The number of ketones is 1. The van der Waals surface area contributed by atoms with Crippen LogP contribution in [-0.4, -0.2) is 18.5 Å². The third-order valence-corrected chi connectivity index (χ3v) is 3.80. The predicted octanol–water partition coefficient (Wildman–Crippen LogP) is 2.87. The molecule has 70 valence electrons. The Kier molecular flexibility index (Phi) is 2.81. The molecule has 1 aromatic heterocycles. The highest BCUT2D eigenvalue weighted by atomic mass is 79.9. The molecular formula is C9H9BrO2S. The van der Waals surface area contributed by atoms with Gasteiger partial charge in [-0.05, 0) is 28.8 Å². The van der Waals surface area contributed by atoms with Crippen LogP contribution in [0.3, 0.4) is 0 Å². The summed E-state index contributed by atoms with van der Waals surface area (Å²) in [5.41, 5.74) is 0.761. The number of hydrogen-bond acceptors (Lipinski definition) is 3. The molecule has 1 fully saturated rings. The summed E-state index contributed by atoms with van der Waals surface area (Å²) >= 11 is 4.88. The van der Waals surface area contributed by atoms with Crippen LogP contribution in [0.5, 0.6) is 0 Å². The minimum absolute atomic E-state index is 0.116. The maximum absolute atomic E-state index is 11.8. The summed E-state index contributed by atoms with van der Waals surface area (Å²) in [6, 6.07) is 0. The van der Waals surface area contributed by atoms with Crippen LogP contribution < -0.4 is 0 Å². The highest BCUT2D eigenvalue weighted by molar-refractivity contribution is 9.10. The second kappa shape index (κ2) is 3.90. The van der Waals surface area contributed by atoms with Crippen LogP contribution in [0.15, 0.2) is 15.2 Å². The summed E-state index contributed by atoms with van der Waals surface area (Å²) < 4.78 is 6.21. The number of thiophene rings is 1. The van der Waals surface area contributed by atoms with E-state index in [1.807, 2.05) is 10.8 Å². The van der Waals surface area contributed by atoms with E-state index in [4.69, 9.17) is 4.74 Å². The fourth-order valence-corrected chi connectivity index (χ4v) is 2.89. The second-order valence-corrected chi connectivity index (χ2v) is 4.60. The fraction of sp³-hybridized carbons (Fsp3) is 0.444. The molecule has 0 bridgehead atoms. The van der Waals surface area contributed by atoms with Crippen LogP contribution in [0.1, 0.15) is 23.2 Å². The van der Waals surface area contributed by atoms with Gasteiger partial charge in [-0.3, -0.25) is 4.79 Å². The number of carbonyl (C=O) groups is 1. The molecule has 2 heterocycles. The first-order valence-electron chi connectivity index (χ1n) is 4.16. The van der Waals surface area contributed by atoms with Crippen LogP contribution in [0, 0.1) is 0 Å². The zero-order valence-electron chi connectivity index (χ0n) is 6.96. The van der Waals surface area contributed by atoms with E-state index in [0.29, 0.717) is 0 Å². The van der Waals surface area contributed by atoms with Crippen LogP contribution in [0.2, 0.25) is 0 Å². The second-order valence-electron chi connectivity index (χ2n) is 3.00. The van der Waals surface area contributed by atoms with Crippen molar-refractivity contribution in [2.75, 3.05) is 6.61 Å². The average molecular weight is 261 g/mol. The molecule has 0 spiro atoms. The van der Waals surface area contributed by atoms with Crippen molar-refractivity contribution in [3.8, 4) is 0 Å². The molecule has 1 aliphatic heterocycles. The van der Waals surface area contributed by atoms with Crippen LogP contribution in [0.25, 0.3) is 0 Å². The van der Waals surface area contributed by atoms with Crippen molar-refractivity contribution in [3.05, 3.63) is 20.8 Å². The van der Waals surface area contributed by atoms with E-state index in [9.17, 15) is 4.79 Å². The molecule has 0 aromatic carbocycles. The van der Waals surface area contributed by atoms with Crippen molar-refractivity contribution in [2.24, 2.45) is 0 Å². The topological polar surface area (TPSA) is 26.3 Å². The minimum atomic E-state index is -0.203. The number of halogens is 1. The normalized spacial score (nSPS) is 22.1. The molecule has 4 heteroatoms. The van der Waals surface area contributed by atoms with E-state index in [1.165, 1.54) is 11.3 Å². The van der Waals surface area contributed by atoms with E-state index < -0.39 is 0 Å². The molecule has 2 rings (SSSR count). The Hall–Kier alpha value is -0.190. The van der Waals surface area contributed by atoms with Gasteiger partial charge in [0.1, 0.15) is 6.10 Å². The van der Waals surface area contributed by atoms with Crippen molar-refractivity contribution in [1.82, 2.24) is 0 Å². The highest BCUT2D eigenvalue weighted by Crippen LogP contribution is 2.25. The number of rotatable bonds is 2. The molecule has 0 aliphatic carbocycles. The SMILES string of the molecule is O=C(c1cscc1Br)C1CCCO1. The van der Waals surface area contributed by atoms with Crippen LogP contribution in [0.4, 0.5) is 0 Å². The Morgan fingerprint density at radius 2 is 2.46 bits per heavy atom.